The Morgan fingerprint density at radius 1 is 0.967 bits per heavy atom. The molecule has 2 aliphatic rings. The van der Waals surface area contributed by atoms with E-state index in [-0.39, 0.29) is 11.9 Å². The second-order valence-electron chi connectivity index (χ2n) is 8.60. The van der Waals surface area contributed by atoms with Crippen LogP contribution in [0.5, 0.6) is 0 Å². The summed E-state index contributed by atoms with van der Waals surface area (Å²) in [6.45, 7) is 6.06. The number of likely N-dealkylation sites (tertiary alicyclic amines) is 2. The third-order valence-electron chi connectivity index (χ3n) is 6.94. The van der Waals surface area contributed by atoms with E-state index >= 15 is 0 Å². The number of halogens is 2. The lowest BCUT2D eigenvalue weighted by Crippen LogP contribution is -2.54. The number of amides is 1. The summed E-state index contributed by atoms with van der Waals surface area (Å²) >= 11 is 12.5. The van der Waals surface area contributed by atoms with Crippen molar-refractivity contribution in [2.45, 2.75) is 50.5 Å². The maximum absolute atomic E-state index is 14.1. The van der Waals surface area contributed by atoms with E-state index in [2.05, 4.69) is 41.0 Å². The molecule has 2 atom stereocenters. The van der Waals surface area contributed by atoms with Crippen LogP contribution in [0.1, 0.15) is 56.2 Å². The zero-order valence-electron chi connectivity index (χ0n) is 17.6. The van der Waals surface area contributed by atoms with E-state index in [9.17, 15) is 4.79 Å². The molecular formula is C25H30Cl2N2O. The maximum Gasteiger partial charge on any atom is 0.233 e. The fraction of sp³-hybridized carbons (Fsp3) is 0.480. The summed E-state index contributed by atoms with van der Waals surface area (Å²) in [5.41, 5.74) is 1.67. The molecule has 1 amide bonds. The summed E-state index contributed by atoms with van der Waals surface area (Å²) in [5.74, 6) is 0.225. The molecule has 0 aromatic heterocycles. The van der Waals surface area contributed by atoms with Gasteiger partial charge in [0.2, 0.25) is 5.91 Å². The highest BCUT2D eigenvalue weighted by Gasteiger charge is 2.46. The van der Waals surface area contributed by atoms with Gasteiger partial charge in [0.1, 0.15) is 0 Å². The summed E-state index contributed by atoms with van der Waals surface area (Å²) in [4.78, 5) is 18.7. The quantitative estimate of drug-likeness (QED) is 0.536. The molecule has 4 rings (SSSR count). The van der Waals surface area contributed by atoms with Crippen molar-refractivity contribution in [2.24, 2.45) is 0 Å². The lowest BCUT2D eigenvalue weighted by atomic mass is 9.71. The number of carbonyl (C=O) groups is 1. The number of hydrogen-bond donors (Lipinski definition) is 0. The molecule has 0 saturated carbocycles. The van der Waals surface area contributed by atoms with Crippen molar-refractivity contribution in [1.82, 2.24) is 9.80 Å². The Labute approximate surface area is 190 Å². The summed E-state index contributed by atoms with van der Waals surface area (Å²) < 4.78 is 0. The molecule has 2 aromatic carbocycles. The van der Waals surface area contributed by atoms with E-state index in [1.165, 1.54) is 18.4 Å². The lowest BCUT2D eigenvalue weighted by Gasteiger charge is -2.46. The second kappa shape index (κ2) is 9.30. The molecule has 160 valence electrons. The number of piperidine rings is 1. The zero-order chi connectivity index (χ0) is 21.1. The molecule has 2 heterocycles. The highest BCUT2D eigenvalue weighted by molar-refractivity contribution is 6.42. The second-order valence-corrected chi connectivity index (χ2v) is 9.42. The molecule has 2 fully saturated rings. The van der Waals surface area contributed by atoms with Gasteiger partial charge in [-0.2, -0.15) is 0 Å². The Kier molecular flexibility index (Phi) is 6.72. The highest BCUT2D eigenvalue weighted by Crippen LogP contribution is 2.42. The Morgan fingerprint density at radius 2 is 1.70 bits per heavy atom. The van der Waals surface area contributed by atoms with Gasteiger partial charge in [-0.1, -0.05) is 66.5 Å². The van der Waals surface area contributed by atoms with Crippen molar-refractivity contribution >= 4 is 29.1 Å². The monoisotopic (exact) mass is 444 g/mol. The molecule has 5 heteroatoms. The fourth-order valence-corrected chi connectivity index (χ4v) is 5.49. The van der Waals surface area contributed by atoms with Gasteiger partial charge in [-0.05, 0) is 68.5 Å². The normalized spacial score (nSPS) is 23.7. The number of benzene rings is 2. The third-order valence-corrected chi connectivity index (χ3v) is 7.68. The third kappa shape index (κ3) is 4.12. The van der Waals surface area contributed by atoms with Gasteiger partial charge in [0, 0.05) is 13.1 Å². The van der Waals surface area contributed by atoms with Gasteiger partial charge in [0.05, 0.1) is 21.5 Å². The van der Waals surface area contributed by atoms with Crippen LogP contribution in [-0.4, -0.2) is 41.9 Å². The first kappa shape index (κ1) is 21.7. The molecule has 2 aromatic rings. The number of carbonyl (C=O) groups excluding carboxylic acids is 1. The van der Waals surface area contributed by atoms with Crippen molar-refractivity contribution in [3.05, 3.63) is 69.7 Å². The van der Waals surface area contributed by atoms with E-state index in [4.69, 9.17) is 23.2 Å². The Balaban J connectivity index is 1.70. The largest absolute Gasteiger partial charge is 0.334 e. The van der Waals surface area contributed by atoms with Crippen LogP contribution < -0.4 is 0 Å². The van der Waals surface area contributed by atoms with Crippen molar-refractivity contribution < 1.29 is 4.79 Å². The van der Waals surface area contributed by atoms with Gasteiger partial charge in [0.25, 0.3) is 0 Å². The predicted octanol–water partition coefficient (Wildman–Crippen LogP) is 6.10. The van der Waals surface area contributed by atoms with Crippen LogP contribution in [-0.2, 0) is 10.2 Å². The summed E-state index contributed by atoms with van der Waals surface area (Å²) in [5, 5.41) is 1.05. The first-order valence-electron chi connectivity index (χ1n) is 11.1. The minimum absolute atomic E-state index is 0.0748. The van der Waals surface area contributed by atoms with Gasteiger partial charge < -0.3 is 9.80 Å². The number of rotatable bonds is 6. The van der Waals surface area contributed by atoms with Crippen LogP contribution >= 0.6 is 23.2 Å². The molecule has 1 unspecified atom stereocenters. The number of nitrogens with zero attached hydrogens (tertiary/aromatic N) is 2. The molecular weight excluding hydrogens is 415 g/mol. The highest BCUT2D eigenvalue weighted by atomic mass is 35.5. The van der Waals surface area contributed by atoms with Gasteiger partial charge in [0.15, 0.2) is 0 Å². The minimum atomic E-state index is -0.537. The van der Waals surface area contributed by atoms with Crippen LogP contribution in [0.25, 0.3) is 0 Å². The van der Waals surface area contributed by atoms with Crippen LogP contribution in [0, 0.1) is 0 Å². The van der Waals surface area contributed by atoms with E-state index in [0.29, 0.717) is 10.0 Å². The lowest BCUT2D eigenvalue weighted by molar-refractivity contribution is -0.144. The fourth-order valence-electron chi connectivity index (χ4n) is 5.19. The standard InChI is InChI=1S/C25H30Cl2N2O/c1-2-25(20-11-12-21(26)22(27)17-20)13-8-16-29(24(25)30)23(18-28-14-6-7-15-28)19-9-4-3-5-10-19/h3-5,9-12,17,23H,2,6-8,13-16,18H2,1H3/t23-,25?/m1/s1. The van der Waals surface area contributed by atoms with Crippen LogP contribution in [0.4, 0.5) is 0 Å². The molecule has 2 aliphatic heterocycles. The average molecular weight is 445 g/mol. The summed E-state index contributed by atoms with van der Waals surface area (Å²) in [7, 11) is 0. The summed E-state index contributed by atoms with van der Waals surface area (Å²) in [6, 6.07) is 16.3. The van der Waals surface area contributed by atoms with Crippen LogP contribution in [0.3, 0.4) is 0 Å². The first-order valence-corrected chi connectivity index (χ1v) is 11.8. The molecule has 0 radical (unpaired) electrons. The van der Waals surface area contributed by atoms with Crippen LogP contribution in [0.2, 0.25) is 10.0 Å². The zero-order valence-corrected chi connectivity index (χ0v) is 19.1. The molecule has 0 aliphatic carbocycles. The first-order chi connectivity index (χ1) is 14.5. The van der Waals surface area contributed by atoms with Gasteiger partial charge in [-0.15, -0.1) is 0 Å². The molecule has 30 heavy (non-hydrogen) atoms. The average Bonchev–Trinajstić information content (AvgIpc) is 3.29. The number of hydrogen-bond acceptors (Lipinski definition) is 2. The predicted molar refractivity (Wildman–Crippen MR) is 124 cm³/mol. The van der Waals surface area contributed by atoms with E-state index < -0.39 is 5.41 Å². The Bertz CT molecular complexity index is 882. The van der Waals surface area contributed by atoms with Gasteiger partial charge >= 0.3 is 0 Å². The van der Waals surface area contributed by atoms with Gasteiger partial charge in [-0.3, -0.25) is 4.79 Å². The maximum atomic E-state index is 14.1. The molecule has 0 N–H and O–H groups in total. The molecule has 2 saturated heterocycles. The van der Waals surface area contributed by atoms with Crippen molar-refractivity contribution in [2.75, 3.05) is 26.2 Å². The summed E-state index contributed by atoms with van der Waals surface area (Å²) in [6.07, 6.45) is 5.09. The van der Waals surface area contributed by atoms with Gasteiger partial charge in [-0.25, -0.2) is 0 Å². The smallest absolute Gasteiger partial charge is 0.233 e. The van der Waals surface area contributed by atoms with E-state index in [1.807, 2.05) is 24.3 Å². The Hall–Kier alpha value is -1.55. The van der Waals surface area contributed by atoms with Crippen molar-refractivity contribution in [3.8, 4) is 0 Å². The van der Waals surface area contributed by atoms with Crippen molar-refractivity contribution in [1.29, 1.82) is 0 Å². The van der Waals surface area contributed by atoms with Crippen LogP contribution in [0.15, 0.2) is 48.5 Å². The topological polar surface area (TPSA) is 23.6 Å². The minimum Gasteiger partial charge on any atom is -0.334 e. The molecule has 0 spiro atoms. The van der Waals surface area contributed by atoms with E-state index in [0.717, 1.165) is 51.0 Å². The molecule has 0 bridgehead atoms. The van der Waals surface area contributed by atoms with Crippen molar-refractivity contribution in [3.63, 3.8) is 0 Å². The van der Waals surface area contributed by atoms with E-state index in [1.54, 1.807) is 0 Å². The Morgan fingerprint density at radius 3 is 2.37 bits per heavy atom. The molecule has 3 nitrogen and oxygen atoms in total. The SMILES string of the molecule is CCC1(c2ccc(Cl)c(Cl)c2)CCCN([C@H](CN2CCCC2)c2ccccc2)C1=O.